The van der Waals surface area contributed by atoms with Gasteiger partial charge in [-0.1, -0.05) is 48.5 Å². The van der Waals surface area contributed by atoms with Gasteiger partial charge in [-0.05, 0) is 79.2 Å². The molecule has 8 heteroatoms. The maximum atomic E-state index is 14.3. The number of benzene rings is 4. The van der Waals surface area contributed by atoms with E-state index in [2.05, 4.69) is 28.8 Å². The van der Waals surface area contributed by atoms with Gasteiger partial charge in [-0.2, -0.15) is 0 Å². The summed E-state index contributed by atoms with van der Waals surface area (Å²) in [7, 11) is 3.25. The van der Waals surface area contributed by atoms with Gasteiger partial charge in [0.05, 0.1) is 37.6 Å². The molecule has 0 aliphatic carbocycles. The van der Waals surface area contributed by atoms with Crippen molar-refractivity contribution in [1.29, 1.82) is 0 Å². The fourth-order valence-electron chi connectivity index (χ4n) is 5.18. The van der Waals surface area contributed by atoms with Crippen molar-refractivity contribution in [1.82, 2.24) is 10.6 Å². The Morgan fingerprint density at radius 2 is 1.63 bits per heavy atom. The van der Waals surface area contributed by atoms with Crippen LogP contribution in [0, 0.1) is 6.92 Å². The van der Waals surface area contributed by atoms with E-state index in [1.807, 2.05) is 49.4 Å². The van der Waals surface area contributed by atoms with Gasteiger partial charge in [-0.25, -0.2) is 0 Å². The van der Waals surface area contributed by atoms with Crippen LogP contribution in [-0.2, 0) is 16.1 Å². The minimum atomic E-state index is -0.969. The van der Waals surface area contributed by atoms with Gasteiger partial charge >= 0.3 is 0 Å². The maximum absolute atomic E-state index is 14.3. The van der Waals surface area contributed by atoms with Gasteiger partial charge in [0.15, 0.2) is 0 Å². The summed E-state index contributed by atoms with van der Waals surface area (Å²) < 4.78 is 5.26. The average molecular weight is 551 g/mol. The number of rotatable bonds is 7. The molecule has 41 heavy (non-hydrogen) atoms. The molecule has 2 atom stereocenters. The number of nitrogens with zero attached hydrogens (tertiary/aromatic N) is 2. The molecule has 0 spiro atoms. The second kappa shape index (κ2) is 11.8. The SMILES string of the molecule is CN[C@@H](C)C(=O)N[C@H]1CN(C(=O)c2ccc(OC)cc2)c2ccccc2N(Cc2c(C)ccc3ccccc23)C1=O. The fourth-order valence-corrected chi connectivity index (χ4v) is 5.18. The monoisotopic (exact) mass is 550 g/mol. The first-order valence-electron chi connectivity index (χ1n) is 13.6. The van der Waals surface area contributed by atoms with Crippen LogP contribution in [0.3, 0.4) is 0 Å². The molecule has 8 nitrogen and oxygen atoms in total. The number of carbonyl (C=O) groups is 3. The highest BCUT2D eigenvalue weighted by Crippen LogP contribution is 2.36. The van der Waals surface area contributed by atoms with Gasteiger partial charge in [0, 0.05) is 5.56 Å². The molecule has 210 valence electrons. The number of aryl methyl sites for hydroxylation is 1. The first-order chi connectivity index (χ1) is 19.8. The van der Waals surface area contributed by atoms with Crippen LogP contribution < -0.4 is 25.2 Å². The Kier molecular flexibility index (Phi) is 8.03. The van der Waals surface area contributed by atoms with Crippen molar-refractivity contribution in [2.45, 2.75) is 32.5 Å². The van der Waals surface area contributed by atoms with Gasteiger partial charge in [0.2, 0.25) is 5.91 Å². The zero-order valence-corrected chi connectivity index (χ0v) is 23.7. The van der Waals surface area contributed by atoms with Crippen molar-refractivity contribution in [2.75, 3.05) is 30.5 Å². The quantitative estimate of drug-likeness (QED) is 0.355. The van der Waals surface area contributed by atoms with Crippen molar-refractivity contribution in [3.63, 3.8) is 0 Å². The average Bonchev–Trinajstić information content (AvgIpc) is 3.12. The molecular formula is C33H34N4O4. The summed E-state index contributed by atoms with van der Waals surface area (Å²) in [5.41, 5.74) is 3.70. The van der Waals surface area contributed by atoms with E-state index in [-0.39, 0.29) is 30.8 Å². The Labute approximate surface area is 239 Å². The third-order valence-corrected chi connectivity index (χ3v) is 7.71. The summed E-state index contributed by atoms with van der Waals surface area (Å²) in [6, 6.07) is 25.0. The van der Waals surface area contributed by atoms with Crippen LogP contribution in [0.1, 0.15) is 28.4 Å². The van der Waals surface area contributed by atoms with E-state index in [4.69, 9.17) is 4.74 Å². The largest absolute Gasteiger partial charge is 0.497 e. The molecule has 2 N–H and O–H groups in total. The van der Waals surface area contributed by atoms with E-state index in [1.54, 1.807) is 55.1 Å². The number of carbonyl (C=O) groups excluding carboxylic acids is 3. The minimum absolute atomic E-state index is 0.0199. The van der Waals surface area contributed by atoms with Crippen LogP contribution in [0.2, 0.25) is 0 Å². The highest BCUT2D eigenvalue weighted by molar-refractivity contribution is 6.13. The van der Waals surface area contributed by atoms with Crippen LogP contribution in [-0.4, -0.2) is 50.5 Å². The predicted octanol–water partition coefficient (Wildman–Crippen LogP) is 4.44. The topological polar surface area (TPSA) is 91.0 Å². The number of fused-ring (bicyclic) bond motifs is 2. The van der Waals surface area contributed by atoms with Crippen LogP contribution >= 0.6 is 0 Å². The van der Waals surface area contributed by atoms with Crippen molar-refractivity contribution >= 4 is 39.9 Å². The van der Waals surface area contributed by atoms with Crippen molar-refractivity contribution in [3.8, 4) is 5.75 Å². The Hall–Kier alpha value is -4.69. The van der Waals surface area contributed by atoms with Gasteiger partial charge in [-0.3, -0.25) is 14.4 Å². The molecule has 1 aliphatic heterocycles. The maximum Gasteiger partial charge on any atom is 0.258 e. The summed E-state index contributed by atoms with van der Waals surface area (Å²) in [4.78, 5) is 44.6. The summed E-state index contributed by atoms with van der Waals surface area (Å²) in [6.07, 6.45) is 0. The Balaban J connectivity index is 1.62. The third-order valence-electron chi connectivity index (χ3n) is 7.71. The van der Waals surface area contributed by atoms with Gasteiger partial charge in [0.25, 0.3) is 11.8 Å². The fraction of sp³-hybridized carbons (Fsp3) is 0.242. The third kappa shape index (κ3) is 5.51. The van der Waals surface area contributed by atoms with Crippen LogP contribution in [0.25, 0.3) is 10.8 Å². The first kappa shape index (κ1) is 27.9. The minimum Gasteiger partial charge on any atom is -0.497 e. The predicted molar refractivity (Wildman–Crippen MR) is 161 cm³/mol. The molecule has 0 saturated carbocycles. The smallest absolute Gasteiger partial charge is 0.258 e. The van der Waals surface area contributed by atoms with Crippen LogP contribution in [0.15, 0.2) is 84.9 Å². The highest BCUT2D eigenvalue weighted by atomic mass is 16.5. The van der Waals surface area contributed by atoms with E-state index >= 15 is 0 Å². The molecule has 0 radical (unpaired) electrons. The van der Waals surface area contributed by atoms with Crippen molar-refractivity contribution in [2.24, 2.45) is 0 Å². The van der Waals surface area contributed by atoms with E-state index < -0.39 is 12.1 Å². The van der Waals surface area contributed by atoms with Crippen molar-refractivity contribution in [3.05, 3.63) is 102 Å². The van der Waals surface area contributed by atoms with E-state index in [0.29, 0.717) is 22.7 Å². The molecule has 1 aliphatic rings. The van der Waals surface area contributed by atoms with E-state index in [0.717, 1.165) is 21.9 Å². The zero-order valence-electron chi connectivity index (χ0n) is 23.7. The van der Waals surface area contributed by atoms with E-state index in [1.165, 1.54) is 0 Å². The van der Waals surface area contributed by atoms with Crippen LogP contribution in [0.4, 0.5) is 11.4 Å². The molecule has 0 fully saturated rings. The standard InChI is InChI=1S/C33H34N4O4/c1-21-13-14-23-9-5-6-10-26(23)27(21)19-36-29-11-7-8-12-30(29)37(32(39)24-15-17-25(41-4)18-16-24)20-28(33(36)40)35-31(38)22(2)34-3/h5-18,22,28,34H,19-20H2,1-4H3,(H,35,38)/t22-,28-/m0/s1. The molecule has 4 aromatic rings. The van der Waals surface area contributed by atoms with Gasteiger partial charge in [0.1, 0.15) is 11.8 Å². The van der Waals surface area contributed by atoms with E-state index in [9.17, 15) is 14.4 Å². The molecule has 1 heterocycles. The zero-order chi connectivity index (χ0) is 29.1. The Morgan fingerprint density at radius 1 is 0.951 bits per heavy atom. The number of hydrogen-bond donors (Lipinski definition) is 2. The second-order valence-electron chi connectivity index (χ2n) is 10.2. The number of para-hydroxylation sites is 2. The lowest BCUT2D eigenvalue weighted by molar-refractivity contribution is -0.128. The van der Waals surface area contributed by atoms with Crippen LogP contribution in [0.5, 0.6) is 5.75 Å². The lowest BCUT2D eigenvalue weighted by Gasteiger charge is -2.27. The van der Waals surface area contributed by atoms with Gasteiger partial charge in [-0.15, -0.1) is 0 Å². The normalized spacial score (nSPS) is 15.7. The number of methoxy groups -OCH3 is 1. The number of likely N-dealkylation sites (N-methyl/N-ethyl adjacent to an activating group) is 1. The second-order valence-corrected chi connectivity index (χ2v) is 10.2. The number of hydrogen-bond acceptors (Lipinski definition) is 5. The van der Waals surface area contributed by atoms with Gasteiger partial charge < -0.3 is 25.2 Å². The Morgan fingerprint density at radius 3 is 2.34 bits per heavy atom. The number of nitrogens with one attached hydrogen (secondary N) is 2. The molecule has 0 saturated heterocycles. The molecule has 0 aromatic heterocycles. The summed E-state index contributed by atoms with van der Waals surface area (Å²) in [6.45, 7) is 4.02. The molecule has 4 aromatic carbocycles. The highest BCUT2D eigenvalue weighted by Gasteiger charge is 2.38. The first-order valence-corrected chi connectivity index (χ1v) is 13.6. The lowest BCUT2D eigenvalue weighted by Crippen LogP contribution is -2.55. The number of ether oxygens (including phenoxy) is 1. The molecule has 3 amide bonds. The Bertz CT molecular complexity index is 1600. The molecule has 5 rings (SSSR count). The number of amides is 3. The summed E-state index contributed by atoms with van der Waals surface area (Å²) in [5, 5.41) is 7.96. The van der Waals surface area contributed by atoms with Crippen molar-refractivity contribution < 1.29 is 19.1 Å². The molecular weight excluding hydrogens is 516 g/mol. The lowest BCUT2D eigenvalue weighted by atomic mass is 9.99. The molecule has 0 bridgehead atoms. The summed E-state index contributed by atoms with van der Waals surface area (Å²) >= 11 is 0. The number of anilines is 2. The molecule has 0 unspecified atom stereocenters. The summed E-state index contributed by atoms with van der Waals surface area (Å²) in [5.74, 6) is -0.255.